The molecule has 0 bridgehead atoms. The zero-order valence-corrected chi connectivity index (χ0v) is 9.11. The van der Waals surface area contributed by atoms with Crippen LogP contribution in [0.4, 0.5) is 0 Å². The minimum absolute atomic E-state index is 0.697. The molecule has 0 N–H and O–H groups in total. The second kappa shape index (κ2) is 3.37. The number of benzene rings is 1. The largest absolute Gasteiger partial charge is 0.331 e. The van der Waals surface area contributed by atoms with Crippen molar-refractivity contribution in [3.8, 4) is 0 Å². The first-order chi connectivity index (χ1) is 7.36. The summed E-state index contributed by atoms with van der Waals surface area (Å²) in [6, 6.07) is 8.41. The van der Waals surface area contributed by atoms with Gasteiger partial charge in [0.05, 0.1) is 11.0 Å². The van der Waals surface area contributed by atoms with Gasteiger partial charge in [0.25, 0.3) is 0 Å². The molecule has 15 heavy (non-hydrogen) atoms. The lowest BCUT2D eigenvalue weighted by atomic mass is 10.1. The van der Waals surface area contributed by atoms with Crippen LogP contribution in [0.1, 0.15) is 37.4 Å². The molecule has 2 heteroatoms. The normalized spacial score (nSPS) is 17.7. The van der Waals surface area contributed by atoms with E-state index >= 15 is 0 Å². The van der Waals surface area contributed by atoms with Crippen LogP contribution in [0.25, 0.3) is 11.0 Å². The lowest BCUT2D eigenvalue weighted by molar-refractivity contribution is 0.639. The van der Waals surface area contributed by atoms with E-state index in [4.69, 9.17) is 4.98 Å². The van der Waals surface area contributed by atoms with Gasteiger partial charge in [0.2, 0.25) is 0 Å². The highest BCUT2D eigenvalue weighted by atomic mass is 15.1. The second-order valence-electron chi connectivity index (χ2n) is 4.50. The van der Waals surface area contributed by atoms with E-state index in [2.05, 4.69) is 35.9 Å². The molecule has 0 unspecified atom stereocenters. The SMILES string of the molecule is Cn1c(C2CCCC2)nc2ccccc21. The molecular formula is C13H16N2. The van der Waals surface area contributed by atoms with Crippen LogP contribution in [0.3, 0.4) is 0 Å². The summed E-state index contributed by atoms with van der Waals surface area (Å²) >= 11 is 0. The van der Waals surface area contributed by atoms with Crippen LogP contribution in [0.2, 0.25) is 0 Å². The first-order valence-electron chi connectivity index (χ1n) is 5.77. The Kier molecular flexibility index (Phi) is 2.01. The van der Waals surface area contributed by atoms with Crippen LogP contribution < -0.4 is 0 Å². The number of aromatic nitrogens is 2. The number of rotatable bonds is 1. The van der Waals surface area contributed by atoms with Crippen LogP contribution in [-0.4, -0.2) is 9.55 Å². The molecule has 78 valence electrons. The van der Waals surface area contributed by atoms with Crippen molar-refractivity contribution in [1.82, 2.24) is 9.55 Å². The Balaban J connectivity index is 2.14. The van der Waals surface area contributed by atoms with Gasteiger partial charge in [-0.2, -0.15) is 0 Å². The van der Waals surface area contributed by atoms with Gasteiger partial charge in [-0.25, -0.2) is 4.98 Å². The Morgan fingerprint density at radius 3 is 2.67 bits per heavy atom. The number of fused-ring (bicyclic) bond motifs is 1. The van der Waals surface area contributed by atoms with Gasteiger partial charge in [-0.1, -0.05) is 25.0 Å². The molecule has 1 saturated carbocycles. The van der Waals surface area contributed by atoms with E-state index in [-0.39, 0.29) is 0 Å². The molecule has 0 radical (unpaired) electrons. The minimum atomic E-state index is 0.697. The van der Waals surface area contributed by atoms with E-state index in [1.807, 2.05) is 0 Å². The standard InChI is InChI=1S/C13H16N2/c1-15-12-9-5-4-8-11(12)14-13(15)10-6-2-3-7-10/h4-5,8-10H,2-3,6-7H2,1H3. The smallest absolute Gasteiger partial charge is 0.112 e. The van der Waals surface area contributed by atoms with Crippen LogP contribution >= 0.6 is 0 Å². The predicted octanol–water partition coefficient (Wildman–Crippen LogP) is 3.23. The molecule has 1 heterocycles. The molecule has 1 fully saturated rings. The zero-order valence-electron chi connectivity index (χ0n) is 9.11. The van der Waals surface area contributed by atoms with Crippen molar-refractivity contribution in [3.63, 3.8) is 0 Å². The molecule has 1 aromatic heterocycles. The van der Waals surface area contributed by atoms with Crippen LogP contribution in [0, 0.1) is 0 Å². The van der Waals surface area contributed by atoms with Gasteiger partial charge in [-0.3, -0.25) is 0 Å². The Labute approximate surface area is 89.9 Å². The van der Waals surface area contributed by atoms with Crippen LogP contribution in [0.15, 0.2) is 24.3 Å². The van der Waals surface area contributed by atoms with Crippen molar-refractivity contribution < 1.29 is 0 Å². The second-order valence-corrected chi connectivity index (χ2v) is 4.50. The van der Waals surface area contributed by atoms with Crippen molar-refractivity contribution in [1.29, 1.82) is 0 Å². The molecule has 0 saturated heterocycles. The average Bonchev–Trinajstić information content (AvgIpc) is 2.87. The number of imidazole rings is 1. The minimum Gasteiger partial charge on any atom is -0.331 e. The van der Waals surface area contributed by atoms with E-state index in [0.29, 0.717) is 5.92 Å². The van der Waals surface area contributed by atoms with Gasteiger partial charge in [0.15, 0.2) is 0 Å². The van der Waals surface area contributed by atoms with Crippen molar-refractivity contribution in [2.45, 2.75) is 31.6 Å². The van der Waals surface area contributed by atoms with Gasteiger partial charge < -0.3 is 4.57 Å². The molecule has 0 spiro atoms. The molecule has 2 aromatic rings. The zero-order chi connectivity index (χ0) is 10.3. The average molecular weight is 200 g/mol. The fourth-order valence-corrected chi connectivity index (χ4v) is 2.71. The fraction of sp³-hybridized carbons (Fsp3) is 0.462. The summed E-state index contributed by atoms with van der Waals surface area (Å²) in [5, 5.41) is 0. The van der Waals surface area contributed by atoms with Gasteiger partial charge in [0, 0.05) is 13.0 Å². The predicted molar refractivity (Wildman–Crippen MR) is 61.9 cm³/mol. The lowest BCUT2D eigenvalue weighted by Gasteiger charge is -2.08. The van der Waals surface area contributed by atoms with Crippen molar-refractivity contribution >= 4 is 11.0 Å². The Morgan fingerprint density at radius 2 is 1.93 bits per heavy atom. The first-order valence-corrected chi connectivity index (χ1v) is 5.77. The van der Waals surface area contributed by atoms with E-state index in [1.165, 1.54) is 37.0 Å². The monoisotopic (exact) mass is 200 g/mol. The van der Waals surface area contributed by atoms with Gasteiger partial charge in [-0.15, -0.1) is 0 Å². The molecule has 0 atom stereocenters. The summed E-state index contributed by atoms with van der Waals surface area (Å²) in [5.74, 6) is 1.98. The highest BCUT2D eigenvalue weighted by Crippen LogP contribution is 2.34. The van der Waals surface area contributed by atoms with E-state index in [0.717, 1.165) is 5.52 Å². The number of para-hydroxylation sites is 2. The molecule has 1 aliphatic rings. The van der Waals surface area contributed by atoms with Crippen LogP contribution in [-0.2, 0) is 7.05 Å². The molecule has 0 amide bonds. The molecule has 1 aliphatic carbocycles. The summed E-state index contributed by atoms with van der Waals surface area (Å²) in [5.41, 5.74) is 2.40. The molecule has 3 rings (SSSR count). The van der Waals surface area contributed by atoms with Crippen molar-refractivity contribution in [2.75, 3.05) is 0 Å². The maximum atomic E-state index is 4.76. The topological polar surface area (TPSA) is 17.8 Å². The quantitative estimate of drug-likeness (QED) is 0.691. The van der Waals surface area contributed by atoms with Crippen LogP contribution in [0.5, 0.6) is 0 Å². The highest BCUT2D eigenvalue weighted by molar-refractivity contribution is 5.75. The number of aryl methyl sites for hydroxylation is 1. The summed E-state index contributed by atoms with van der Waals surface area (Å²) < 4.78 is 2.27. The van der Waals surface area contributed by atoms with Crippen molar-refractivity contribution in [3.05, 3.63) is 30.1 Å². The highest BCUT2D eigenvalue weighted by Gasteiger charge is 2.21. The maximum absolute atomic E-state index is 4.76. The number of nitrogens with zero attached hydrogens (tertiary/aromatic N) is 2. The Hall–Kier alpha value is -1.31. The molecule has 0 aliphatic heterocycles. The molecule has 2 nitrogen and oxygen atoms in total. The Morgan fingerprint density at radius 1 is 1.20 bits per heavy atom. The summed E-state index contributed by atoms with van der Waals surface area (Å²) in [6.07, 6.45) is 5.37. The summed E-state index contributed by atoms with van der Waals surface area (Å²) in [4.78, 5) is 4.76. The summed E-state index contributed by atoms with van der Waals surface area (Å²) in [6.45, 7) is 0. The van der Waals surface area contributed by atoms with E-state index in [1.54, 1.807) is 0 Å². The maximum Gasteiger partial charge on any atom is 0.112 e. The molecule has 1 aromatic carbocycles. The first kappa shape index (κ1) is 8.96. The van der Waals surface area contributed by atoms with Gasteiger partial charge >= 0.3 is 0 Å². The number of hydrogen-bond donors (Lipinski definition) is 0. The van der Waals surface area contributed by atoms with E-state index < -0.39 is 0 Å². The van der Waals surface area contributed by atoms with Gasteiger partial charge in [-0.05, 0) is 25.0 Å². The Bertz CT molecular complexity index is 478. The lowest BCUT2D eigenvalue weighted by Crippen LogP contribution is -2.02. The number of hydrogen-bond acceptors (Lipinski definition) is 1. The fourth-order valence-electron chi connectivity index (χ4n) is 2.71. The van der Waals surface area contributed by atoms with E-state index in [9.17, 15) is 0 Å². The summed E-state index contributed by atoms with van der Waals surface area (Å²) in [7, 11) is 2.14. The molecular weight excluding hydrogens is 184 g/mol. The third-order valence-electron chi connectivity index (χ3n) is 3.54. The third kappa shape index (κ3) is 1.36. The third-order valence-corrected chi connectivity index (χ3v) is 3.54. The van der Waals surface area contributed by atoms with Crippen molar-refractivity contribution in [2.24, 2.45) is 7.05 Å². The van der Waals surface area contributed by atoms with Gasteiger partial charge in [0.1, 0.15) is 5.82 Å².